The van der Waals surface area contributed by atoms with Crippen LogP contribution in [-0.2, 0) is 22.2 Å². The van der Waals surface area contributed by atoms with Crippen molar-refractivity contribution in [2.45, 2.75) is 44.3 Å². The number of aromatic nitrogens is 1. The molecule has 9 heteroatoms. The Morgan fingerprint density at radius 3 is 2.59 bits per heavy atom. The first-order valence-electron chi connectivity index (χ1n) is 10.8. The molecule has 2 fully saturated rings. The molecule has 2 amide bonds. The number of nitrogens with one attached hydrogen (secondary N) is 1. The highest BCUT2D eigenvalue weighted by Crippen LogP contribution is 2.31. The molecule has 170 valence electrons. The molecule has 1 N–H and O–H groups in total. The van der Waals surface area contributed by atoms with Crippen LogP contribution >= 0.6 is 0 Å². The monoisotopic (exact) mass is 446 g/mol. The van der Waals surface area contributed by atoms with Crippen LogP contribution < -0.4 is 15.1 Å². The van der Waals surface area contributed by atoms with Crippen molar-refractivity contribution in [3.8, 4) is 0 Å². The summed E-state index contributed by atoms with van der Waals surface area (Å²) in [5.41, 5.74) is 1.31. The maximum atomic E-state index is 12.9. The standard InChI is InChI=1S/C23H25F3N4O2/c24-23(25,26)17-12-20(14-27-13-17)29-10-8-18(15-29)28-21(31)11-16-4-6-19(7-5-16)30-9-2-1-3-22(30)32/h4-7,12-14,18H,1-3,8-11,15H2,(H,28,31). The van der Waals surface area contributed by atoms with Crippen LogP contribution in [-0.4, -0.2) is 42.5 Å². The van der Waals surface area contributed by atoms with Crippen molar-refractivity contribution >= 4 is 23.2 Å². The van der Waals surface area contributed by atoms with Crippen LogP contribution in [0.2, 0.25) is 0 Å². The fourth-order valence-electron chi connectivity index (χ4n) is 4.21. The molecular weight excluding hydrogens is 421 g/mol. The average molecular weight is 446 g/mol. The van der Waals surface area contributed by atoms with E-state index in [0.717, 1.165) is 42.9 Å². The highest BCUT2D eigenvalue weighted by molar-refractivity contribution is 5.94. The summed E-state index contributed by atoms with van der Waals surface area (Å²) in [6.45, 7) is 1.70. The molecule has 32 heavy (non-hydrogen) atoms. The van der Waals surface area contributed by atoms with Crippen molar-refractivity contribution < 1.29 is 22.8 Å². The molecule has 0 spiro atoms. The topological polar surface area (TPSA) is 65.5 Å². The lowest BCUT2D eigenvalue weighted by Crippen LogP contribution is -2.38. The van der Waals surface area contributed by atoms with Gasteiger partial charge in [-0.2, -0.15) is 13.2 Å². The third-order valence-electron chi connectivity index (χ3n) is 5.91. The molecule has 6 nitrogen and oxygen atoms in total. The van der Waals surface area contributed by atoms with Crippen molar-refractivity contribution in [3.63, 3.8) is 0 Å². The molecule has 4 rings (SSSR count). The summed E-state index contributed by atoms with van der Waals surface area (Å²) in [5.74, 6) is -0.00989. The number of benzene rings is 1. The molecule has 2 saturated heterocycles. The molecule has 0 aliphatic carbocycles. The molecule has 0 radical (unpaired) electrons. The van der Waals surface area contributed by atoms with Gasteiger partial charge < -0.3 is 15.1 Å². The fourth-order valence-corrected chi connectivity index (χ4v) is 4.21. The van der Waals surface area contributed by atoms with E-state index in [9.17, 15) is 22.8 Å². The largest absolute Gasteiger partial charge is 0.417 e. The summed E-state index contributed by atoms with van der Waals surface area (Å²) < 4.78 is 38.8. The van der Waals surface area contributed by atoms with Gasteiger partial charge in [0.05, 0.1) is 23.9 Å². The van der Waals surface area contributed by atoms with Crippen molar-refractivity contribution in [3.05, 3.63) is 53.9 Å². The minimum atomic E-state index is -4.44. The molecule has 1 aromatic carbocycles. The third kappa shape index (κ3) is 5.20. The van der Waals surface area contributed by atoms with E-state index in [-0.39, 0.29) is 24.3 Å². The lowest BCUT2D eigenvalue weighted by Gasteiger charge is -2.26. The number of anilines is 2. The molecule has 1 atom stereocenters. The lowest BCUT2D eigenvalue weighted by atomic mass is 10.1. The second-order valence-electron chi connectivity index (χ2n) is 8.27. The van der Waals surface area contributed by atoms with Crippen LogP contribution in [0, 0.1) is 0 Å². The smallest absolute Gasteiger partial charge is 0.368 e. The quantitative estimate of drug-likeness (QED) is 0.763. The Morgan fingerprint density at radius 2 is 1.88 bits per heavy atom. The Balaban J connectivity index is 1.30. The molecule has 0 saturated carbocycles. The molecule has 3 heterocycles. The number of nitrogens with zero attached hydrogens (tertiary/aromatic N) is 3. The molecular formula is C23H25F3N4O2. The molecule has 2 aliphatic rings. The number of pyridine rings is 1. The van der Waals surface area contributed by atoms with Gasteiger partial charge in [-0.3, -0.25) is 14.6 Å². The molecule has 1 unspecified atom stereocenters. The number of carbonyl (C=O) groups is 2. The van der Waals surface area contributed by atoms with Gasteiger partial charge in [0.2, 0.25) is 11.8 Å². The predicted molar refractivity (Wildman–Crippen MR) is 114 cm³/mol. The number of amides is 2. The molecule has 0 bridgehead atoms. The molecule has 2 aromatic rings. The van der Waals surface area contributed by atoms with E-state index in [1.54, 1.807) is 9.80 Å². The van der Waals surface area contributed by atoms with Crippen molar-refractivity contribution in [1.29, 1.82) is 0 Å². The predicted octanol–water partition coefficient (Wildman–Crippen LogP) is 3.55. The van der Waals surface area contributed by atoms with Crippen LogP contribution in [0.3, 0.4) is 0 Å². The van der Waals surface area contributed by atoms with Gasteiger partial charge in [0.1, 0.15) is 0 Å². The Bertz CT molecular complexity index is 978. The van der Waals surface area contributed by atoms with Gasteiger partial charge in [0.15, 0.2) is 0 Å². The summed E-state index contributed by atoms with van der Waals surface area (Å²) >= 11 is 0. The third-order valence-corrected chi connectivity index (χ3v) is 5.91. The first kappa shape index (κ1) is 22.1. The zero-order chi connectivity index (χ0) is 22.7. The normalized spacial score (nSPS) is 19.3. The number of hydrogen-bond donors (Lipinski definition) is 1. The van der Waals surface area contributed by atoms with E-state index in [1.807, 2.05) is 24.3 Å². The Hall–Kier alpha value is -3.10. The second-order valence-corrected chi connectivity index (χ2v) is 8.27. The van der Waals surface area contributed by atoms with E-state index >= 15 is 0 Å². The molecule has 2 aliphatic heterocycles. The zero-order valence-electron chi connectivity index (χ0n) is 17.6. The van der Waals surface area contributed by atoms with Gasteiger partial charge in [0, 0.05) is 44.0 Å². The van der Waals surface area contributed by atoms with E-state index in [0.29, 0.717) is 31.6 Å². The Labute approximate surface area is 184 Å². The van der Waals surface area contributed by atoms with E-state index in [1.165, 1.54) is 6.20 Å². The molecule has 1 aromatic heterocycles. The average Bonchev–Trinajstić information content (AvgIpc) is 3.23. The van der Waals surface area contributed by atoms with Gasteiger partial charge in [-0.1, -0.05) is 12.1 Å². The fraction of sp³-hybridized carbons (Fsp3) is 0.435. The number of piperidine rings is 1. The number of carbonyl (C=O) groups excluding carboxylic acids is 2. The summed E-state index contributed by atoms with van der Waals surface area (Å²) in [7, 11) is 0. The summed E-state index contributed by atoms with van der Waals surface area (Å²) in [4.78, 5) is 31.8. The summed E-state index contributed by atoms with van der Waals surface area (Å²) in [6, 6.07) is 8.39. The van der Waals surface area contributed by atoms with Gasteiger partial charge in [-0.15, -0.1) is 0 Å². The maximum absolute atomic E-state index is 12.9. The van der Waals surface area contributed by atoms with Crippen LogP contribution in [0.15, 0.2) is 42.7 Å². The van der Waals surface area contributed by atoms with E-state index in [4.69, 9.17) is 0 Å². The highest BCUT2D eigenvalue weighted by Gasteiger charge is 2.32. The van der Waals surface area contributed by atoms with Gasteiger partial charge in [-0.25, -0.2) is 0 Å². The van der Waals surface area contributed by atoms with Gasteiger partial charge in [-0.05, 0) is 43.0 Å². The number of alkyl halides is 3. The van der Waals surface area contributed by atoms with Crippen molar-refractivity contribution in [2.75, 3.05) is 29.4 Å². The minimum Gasteiger partial charge on any atom is -0.368 e. The SMILES string of the molecule is O=C(Cc1ccc(N2CCCCC2=O)cc1)NC1CCN(c2cncc(C(F)(F)F)c2)C1. The summed E-state index contributed by atoms with van der Waals surface area (Å²) in [6.07, 6.45) is 1.13. The first-order chi connectivity index (χ1) is 15.3. The van der Waals surface area contributed by atoms with E-state index in [2.05, 4.69) is 10.3 Å². The number of hydrogen-bond acceptors (Lipinski definition) is 4. The Kier molecular flexibility index (Phi) is 6.34. The zero-order valence-corrected chi connectivity index (χ0v) is 17.6. The van der Waals surface area contributed by atoms with E-state index < -0.39 is 11.7 Å². The van der Waals surface area contributed by atoms with Crippen LogP contribution in [0.5, 0.6) is 0 Å². The van der Waals surface area contributed by atoms with Crippen molar-refractivity contribution in [1.82, 2.24) is 10.3 Å². The van der Waals surface area contributed by atoms with Crippen LogP contribution in [0.4, 0.5) is 24.5 Å². The first-order valence-corrected chi connectivity index (χ1v) is 10.8. The lowest BCUT2D eigenvalue weighted by molar-refractivity contribution is -0.137. The minimum absolute atomic E-state index is 0.128. The Morgan fingerprint density at radius 1 is 1.09 bits per heavy atom. The van der Waals surface area contributed by atoms with Crippen LogP contribution in [0.1, 0.15) is 36.8 Å². The maximum Gasteiger partial charge on any atom is 0.417 e. The number of halogens is 3. The highest BCUT2D eigenvalue weighted by atomic mass is 19.4. The van der Waals surface area contributed by atoms with Gasteiger partial charge >= 0.3 is 6.18 Å². The van der Waals surface area contributed by atoms with Gasteiger partial charge in [0.25, 0.3) is 0 Å². The second kappa shape index (κ2) is 9.18. The van der Waals surface area contributed by atoms with Crippen LogP contribution in [0.25, 0.3) is 0 Å². The number of rotatable bonds is 5. The summed E-state index contributed by atoms with van der Waals surface area (Å²) in [5, 5.41) is 2.97. The van der Waals surface area contributed by atoms with Crippen molar-refractivity contribution in [2.24, 2.45) is 0 Å².